The van der Waals surface area contributed by atoms with Crippen molar-refractivity contribution in [1.29, 1.82) is 0 Å². The lowest BCUT2D eigenvalue weighted by Gasteiger charge is -2.20. The fraction of sp³-hybridized carbons (Fsp3) is 0.381. The van der Waals surface area contributed by atoms with E-state index in [0.29, 0.717) is 11.9 Å². The Hall–Kier alpha value is -2.38. The van der Waals surface area contributed by atoms with Gasteiger partial charge in [0.15, 0.2) is 0 Å². The molecule has 1 aliphatic heterocycles. The molecule has 0 bridgehead atoms. The van der Waals surface area contributed by atoms with E-state index in [1.165, 1.54) is 12.1 Å². The number of nitrogens with one attached hydrogen (secondary N) is 2. The number of nitrogens with zero attached hydrogens (tertiary/aromatic N) is 3. The third-order valence-electron chi connectivity index (χ3n) is 4.76. The lowest BCUT2D eigenvalue weighted by atomic mass is 9.99. The van der Waals surface area contributed by atoms with Crippen molar-refractivity contribution in [2.24, 2.45) is 0 Å². The van der Waals surface area contributed by atoms with Crippen LogP contribution >= 0.6 is 11.3 Å². The first-order valence-electron chi connectivity index (χ1n) is 9.67. The second kappa shape index (κ2) is 8.32. The van der Waals surface area contributed by atoms with Crippen LogP contribution in [-0.2, 0) is 0 Å². The van der Waals surface area contributed by atoms with Gasteiger partial charge in [-0.25, -0.2) is 19.3 Å². The molecule has 4 rings (SSSR count). The average molecular weight is 398 g/mol. The van der Waals surface area contributed by atoms with Crippen molar-refractivity contribution in [3.8, 4) is 21.8 Å². The number of thiazole rings is 1. The molecule has 1 aromatic carbocycles. The maximum Gasteiger partial charge on any atom is 0.223 e. The van der Waals surface area contributed by atoms with Crippen LogP contribution in [-0.4, -0.2) is 34.1 Å². The monoisotopic (exact) mass is 397 g/mol. The lowest BCUT2D eigenvalue weighted by molar-refractivity contribution is 0.459. The minimum absolute atomic E-state index is 0.246. The van der Waals surface area contributed by atoms with E-state index >= 15 is 0 Å². The molecule has 0 atom stereocenters. The molecule has 2 N–H and O–H groups in total. The van der Waals surface area contributed by atoms with Crippen molar-refractivity contribution < 1.29 is 4.39 Å². The summed E-state index contributed by atoms with van der Waals surface area (Å²) in [6.45, 7) is 6.15. The smallest absolute Gasteiger partial charge is 0.223 e. The zero-order chi connectivity index (χ0) is 19.5. The van der Waals surface area contributed by atoms with Crippen molar-refractivity contribution >= 4 is 17.3 Å². The van der Waals surface area contributed by atoms with Gasteiger partial charge in [-0.3, -0.25) is 0 Å². The van der Waals surface area contributed by atoms with Gasteiger partial charge in [-0.05, 0) is 70.1 Å². The minimum atomic E-state index is -0.246. The molecule has 0 aliphatic carbocycles. The van der Waals surface area contributed by atoms with Crippen LogP contribution in [0.25, 0.3) is 21.8 Å². The molecule has 3 aromatic rings. The van der Waals surface area contributed by atoms with Gasteiger partial charge in [0.05, 0.1) is 21.3 Å². The number of anilines is 1. The molecule has 5 nitrogen and oxygen atoms in total. The molecule has 0 saturated carbocycles. The second-order valence-electron chi connectivity index (χ2n) is 7.33. The Labute approximate surface area is 168 Å². The molecule has 1 fully saturated rings. The summed E-state index contributed by atoms with van der Waals surface area (Å²) in [4.78, 5) is 15.0. The standard InChI is InChI=1S/C21H24FN5S/c1-13(2)25-21-24-12-9-17(26-21)19-18(14-3-5-16(22)6-4-14)27-20(28-19)15-7-10-23-11-8-15/h3-6,9,12-13,15,23H,7-8,10-11H2,1-2H3,(H,24,25,26). The first-order chi connectivity index (χ1) is 13.6. The molecule has 1 saturated heterocycles. The van der Waals surface area contributed by atoms with Gasteiger partial charge in [0.25, 0.3) is 0 Å². The molecular formula is C21H24FN5S. The summed E-state index contributed by atoms with van der Waals surface area (Å²) in [5.74, 6) is 0.813. The molecule has 3 heterocycles. The molecule has 146 valence electrons. The highest BCUT2D eigenvalue weighted by atomic mass is 32.1. The Morgan fingerprint density at radius 3 is 2.57 bits per heavy atom. The first kappa shape index (κ1) is 19.0. The summed E-state index contributed by atoms with van der Waals surface area (Å²) in [5.41, 5.74) is 2.62. The van der Waals surface area contributed by atoms with E-state index in [1.54, 1.807) is 29.7 Å². The predicted octanol–water partition coefficient (Wildman–Crippen LogP) is 4.69. The third-order valence-corrected chi connectivity index (χ3v) is 6.00. The van der Waals surface area contributed by atoms with Crippen LogP contribution in [0.2, 0.25) is 0 Å². The van der Waals surface area contributed by atoms with Gasteiger partial charge in [0.2, 0.25) is 5.95 Å². The molecule has 0 amide bonds. The van der Waals surface area contributed by atoms with Crippen molar-refractivity contribution in [3.05, 3.63) is 47.4 Å². The van der Waals surface area contributed by atoms with Crippen molar-refractivity contribution in [2.45, 2.75) is 38.6 Å². The Kier molecular flexibility index (Phi) is 5.64. The van der Waals surface area contributed by atoms with E-state index in [-0.39, 0.29) is 11.9 Å². The van der Waals surface area contributed by atoms with E-state index in [0.717, 1.165) is 52.8 Å². The quantitative estimate of drug-likeness (QED) is 0.654. The number of hydrogen-bond donors (Lipinski definition) is 2. The fourth-order valence-corrected chi connectivity index (χ4v) is 4.60. The van der Waals surface area contributed by atoms with Crippen molar-refractivity contribution in [2.75, 3.05) is 18.4 Å². The molecule has 2 aromatic heterocycles. The Bertz CT molecular complexity index is 932. The normalized spacial score (nSPS) is 15.1. The second-order valence-corrected chi connectivity index (χ2v) is 8.36. The summed E-state index contributed by atoms with van der Waals surface area (Å²) in [6.07, 6.45) is 3.94. The summed E-state index contributed by atoms with van der Waals surface area (Å²) in [6, 6.07) is 8.70. The van der Waals surface area contributed by atoms with Crippen LogP contribution in [0, 0.1) is 5.82 Å². The predicted molar refractivity (Wildman–Crippen MR) is 112 cm³/mol. The van der Waals surface area contributed by atoms with Crippen molar-refractivity contribution in [1.82, 2.24) is 20.3 Å². The highest BCUT2D eigenvalue weighted by Gasteiger charge is 2.23. The number of piperidine rings is 1. The van der Waals surface area contributed by atoms with Gasteiger partial charge in [0, 0.05) is 23.7 Å². The number of hydrogen-bond acceptors (Lipinski definition) is 6. The van der Waals surface area contributed by atoms with E-state index in [1.807, 2.05) is 6.07 Å². The molecular weight excluding hydrogens is 373 g/mol. The van der Waals surface area contributed by atoms with Gasteiger partial charge in [0.1, 0.15) is 5.82 Å². The number of halogens is 1. The van der Waals surface area contributed by atoms with Crippen molar-refractivity contribution in [3.63, 3.8) is 0 Å². The van der Waals surface area contributed by atoms with Gasteiger partial charge in [-0.2, -0.15) is 0 Å². The summed E-state index contributed by atoms with van der Waals surface area (Å²) in [7, 11) is 0. The van der Waals surface area contributed by atoms with E-state index < -0.39 is 0 Å². The van der Waals surface area contributed by atoms with Gasteiger partial charge in [-0.1, -0.05) is 0 Å². The highest BCUT2D eigenvalue weighted by Crippen LogP contribution is 2.40. The molecule has 0 spiro atoms. The molecule has 7 heteroatoms. The lowest BCUT2D eigenvalue weighted by Crippen LogP contribution is -2.26. The Morgan fingerprint density at radius 1 is 1.11 bits per heavy atom. The van der Waals surface area contributed by atoms with Crippen LogP contribution < -0.4 is 10.6 Å². The Morgan fingerprint density at radius 2 is 1.86 bits per heavy atom. The van der Waals surface area contributed by atoms with Crippen LogP contribution in [0.5, 0.6) is 0 Å². The maximum atomic E-state index is 13.4. The van der Waals surface area contributed by atoms with E-state index in [4.69, 9.17) is 9.97 Å². The molecule has 0 radical (unpaired) electrons. The third kappa shape index (κ3) is 4.20. The summed E-state index contributed by atoms with van der Waals surface area (Å²) >= 11 is 1.70. The zero-order valence-electron chi connectivity index (χ0n) is 16.1. The number of rotatable bonds is 5. The van der Waals surface area contributed by atoms with Gasteiger partial charge >= 0.3 is 0 Å². The maximum absolute atomic E-state index is 13.4. The van der Waals surface area contributed by atoms with Gasteiger partial charge < -0.3 is 10.6 Å². The molecule has 1 aliphatic rings. The summed E-state index contributed by atoms with van der Waals surface area (Å²) < 4.78 is 13.4. The fourth-order valence-electron chi connectivity index (χ4n) is 3.37. The topological polar surface area (TPSA) is 62.7 Å². The van der Waals surface area contributed by atoms with Crippen LogP contribution in [0.1, 0.15) is 37.6 Å². The molecule has 28 heavy (non-hydrogen) atoms. The zero-order valence-corrected chi connectivity index (χ0v) is 16.9. The summed E-state index contributed by atoms with van der Waals surface area (Å²) in [5, 5.41) is 7.80. The van der Waals surface area contributed by atoms with E-state index in [2.05, 4.69) is 29.5 Å². The van der Waals surface area contributed by atoms with E-state index in [9.17, 15) is 4.39 Å². The van der Waals surface area contributed by atoms with Gasteiger partial charge in [-0.15, -0.1) is 11.3 Å². The SMILES string of the molecule is CC(C)Nc1nccc(-c2sc(C3CCNCC3)nc2-c2ccc(F)cc2)n1. The number of aromatic nitrogens is 3. The van der Waals surface area contributed by atoms with Crippen LogP contribution in [0.4, 0.5) is 10.3 Å². The number of benzene rings is 1. The molecule has 0 unspecified atom stereocenters. The largest absolute Gasteiger partial charge is 0.352 e. The highest BCUT2D eigenvalue weighted by molar-refractivity contribution is 7.15. The van der Waals surface area contributed by atoms with Crippen LogP contribution in [0.15, 0.2) is 36.5 Å². The first-order valence-corrected chi connectivity index (χ1v) is 10.5. The minimum Gasteiger partial charge on any atom is -0.352 e. The Balaban J connectivity index is 1.78. The average Bonchev–Trinajstić information content (AvgIpc) is 3.14. The van der Waals surface area contributed by atoms with Crippen LogP contribution in [0.3, 0.4) is 0 Å².